The molecule has 0 unspecified atom stereocenters. The highest BCUT2D eigenvalue weighted by molar-refractivity contribution is 5.86. The number of rotatable bonds is 5. The Bertz CT molecular complexity index is 555. The first-order valence-corrected chi connectivity index (χ1v) is 7.44. The second-order valence-electron chi connectivity index (χ2n) is 5.93. The lowest BCUT2D eigenvalue weighted by atomic mass is 10.2. The first-order valence-electron chi connectivity index (χ1n) is 7.44. The Labute approximate surface area is 130 Å². The van der Waals surface area contributed by atoms with Gasteiger partial charge < -0.3 is 20.2 Å². The fourth-order valence-electron chi connectivity index (χ4n) is 2.32. The number of hydrogen-bond acceptors (Lipinski definition) is 3. The van der Waals surface area contributed by atoms with Crippen LogP contribution in [0.25, 0.3) is 0 Å². The number of carbonyl (C=O) groups excluding carboxylic acids is 2. The number of carbonyl (C=O) groups is 2. The number of nitrogens with zero attached hydrogens (tertiary/aromatic N) is 2. The van der Waals surface area contributed by atoms with Crippen molar-refractivity contribution in [2.45, 2.75) is 38.4 Å². The van der Waals surface area contributed by atoms with Crippen LogP contribution < -0.4 is 5.32 Å². The SMILES string of the molecule is C[C@@H](NC(=O)N(Cc1cccc(O)c1)C1CC1)C(=O)N(C)C. The van der Waals surface area contributed by atoms with Gasteiger partial charge in [0.1, 0.15) is 11.8 Å². The van der Waals surface area contributed by atoms with E-state index in [2.05, 4.69) is 5.32 Å². The molecule has 1 atom stereocenters. The Morgan fingerprint density at radius 2 is 2.05 bits per heavy atom. The number of benzene rings is 1. The molecule has 1 saturated carbocycles. The van der Waals surface area contributed by atoms with E-state index in [-0.39, 0.29) is 23.7 Å². The van der Waals surface area contributed by atoms with Crippen molar-refractivity contribution >= 4 is 11.9 Å². The molecule has 2 rings (SSSR count). The maximum Gasteiger partial charge on any atom is 0.318 e. The Kier molecular flexibility index (Phi) is 4.90. The van der Waals surface area contributed by atoms with E-state index in [9.17, 15) is 14.7 Å². The van der Waals surface area contributed by atoms with Crippen LogP contribution in [0.15, 0.2) is 24.3 Å². The second kappa shape index (κ2) is 6.68. The summed E-state index contributed by atoms with van der Waals surface area (Å²) in [5.41, 5.74) is 0.869. The smallest absolute Gasteiger partial charge is 0.318 e. The molecule has 1 fully saturated rings. The van der Waals surface area contributed by atoms with Crippen molar-refractivity contribution in [2.24, 2.45) is 0 Å². The highest BCUT2D eigenvalue weighted by Gasteiger charge is 2.33. The van der Waals surface area contributed by atoms with Gasteiger partial charge in [0.15, 0.2) is 0 Å². The van der Waals surface area contributed by atoms with Gasteiger partial charge in [-0.2, -0.15) is 0 Å². The van der Waals surface area contributed by atoms with Crippen LogP contribution in [-0.2, 0) is 11.3 Å². The normalized spacial score (nSPS) is 15.0. The summed E-state index contributed by atoms with van der Waals surface area (Å²) < 4.78 is 0. The molecule has 1 aromatic rings. The van der Waals surface area contributed by atoms with E-state index in [0.717, 1.165) is 18.4 Å². The van der Waals surface area contributed by atoms with E-state index in [0.29, 0.717) is 6.54 Å². The third-order valence-corrected chi connectivity index (χ3v) is 3.66. The van der Waals surface area contributed by atoms with Gasteiger partial charge in [0, 0.05) is 26.7 Å². The van der Waals surface area contributed by atoms with Crippen LogP contribution in [0.1, 0.15) is 25.3 Å². The van der Waals surface area contributed by atoms with Crippen LogP contribution in [0.2, 0.25) is 0 Å². The Balaban J connectivity index is 2.02. The van der Waals surface area contributed by atoms with Crippen molar-refractivity contribution in [1.82, 2.24) is 15.1 Å². The zero-order valence-corrected chi connectivity index (χ0v) is 13.2. The largest absolute Gasteiger partial charge is 0.508 e. The molecule has 6 heteroatoms. The third-order valence-electron chi connectivity index (χ3n) is 3.66. The minimum Gasteiger partial charge on any atom is -0.508 e. The summed E-state index contributed by atoms with van der Waals surface area (Å²) in [7, 11) is 3.33. The molecule has 1 aliphatic rings. The number of nitrogens with one attached hydrogen (secondary N) is 1. The van der Waals surface area contributed by atoms with Gasteiger partial charge in [0.25, 0.3) is 0 Å². The Morgan fingerprint density at radius 3 is 2.59 bits per heavy atom. The summed E-state index contributed by atoms with van der Waals surface area (Å²) in [5, 5.41) is 12.3. The lowest BCUT2D eigenvalue weighted by Gasteiger charge is -2.26. The summed E-state index contributed by atoms with van der Waals surface area (Å²) in [5.74, 6) is 0.0475. The highest BCUT2D eigenvalue weighted by Crippen LogP contribution is 2.29. The topological polar surface area (TPSA) is 72.9 Å². The quantitative estimate of drug-likeness (QED) is 0.867. The summed E-state index contributed by atoms with van der Waals surface area (Å²) in [6.07, 6.45) is 1.95. The average Bonchev–Trinajstić information content (AvgIpc) is 3.28. The molecule has 0 aliphatic heterocycles. The molecule has 0 radical (unpaired) electrons. The van der Waals surface area contributed by atoms with Crippen LogP contribution in [0, 0.1) is 0 Å². The Morgan fingerprint density at radius 1 is 1.36 bits per heavy atom. The van der Waals surface area contributed by atoms with E-state index in [1.807, 2.05) is 6.07 Å². The fourth-order valence-corrected chi connectivity index (χ4v) is 2.32. The fraction of sp³-hybridized carbons (Fsp3) is 0.500. The molecular formula is C16H23N3O3. The minimum absolute atomic E-state index is 0.138. The van der Waals surface area contributed by atoms with Gasteiger partial charge in [-0.3, -0.25) is 4.79 Å². The molecule has 2 N–H and O–H groups in total. The molecule has 0 aromatic heterocycles. The molecule has 3 amide bonds. The molecule has 0 heterocycles. The molecule has 0 spiro atoms. The van der Waals surface area contributed by atoms with E-state index in [1.165, 1.54) is 4.90 Å². The number of phenolic OH excluding ortho intramolecular Hbond substituents is 1. The zero-order chi connectivity index (χ0) is 16.3. The van der Waals surface area contributed by atoms with Gasteiger partial charge in [-0.1, -0.05) is 12.1 Å². The van der Waals surface area contributed by atoms with Crippen molar-refractivity contribution in [3.8, 4) is 5.75 Å². The number of amides is 3. The molecule has 22 heavy (non-hydrogen) atoms. The van der Waals surface area contributed by atoms with Crippen LogP contribution in [0.5, 0.6) is 5.75 Å². The molecule has 6 nitrogen and oxygen atoms in total. The van der Waals surface area contributed by atoms with Gasteiger partial charge in [-0.25, -0.2) is 4.79 Å². The van der Waals surface area contributed by atoms with Gasteiger partial charge in [-0.15, -0.1) is 0 Å². The van der Waals surface area contributed by atoms with E-state index < -0.39 is 6.04 Å². The van der Waals surface area contributed by atoms with Gasteiger partial charge in [-0.05, 0) is 37.5 Å². The van der Waals surface area contributed by atoms with E-state index >= 15 is 0 Å². The Hall–Kier alpha value is -2.24. The first-order chi connectivity index (χ1) is 10.4. The highest BCUT2D eigenvalue weighted by atomic mass is 16.3. The van der Waals surface area contributed by atoms with Crippen LogP contribution in [-0.4, -0.2) is 53.0 Å². The van der Waals surface area contributed by atoms with Gasteiger partial charge in [0.2, 0.25) is 5.91 Å². The van der Waals surface area contributed by atoms with Crippen molar-refractivity contribution in [3.63, 3.8) is 0 Å². The molecular weight excluding hydrogens is 282 g/mol. The maximum atomic E-state index is 12.4. The number of urea groups is 1. The average molecular weight is 305 g/mol. The number of aromatic hydroxyl groups is 1. The number of likely N-dealkylation sites (N-methyl/N-ethyl adjacent to an activating group) is 1. The molecule has 0 bridgehead atoms. The number of hydrogen-bond donors (Lipinski definition) is 2. The van der Waals surface area contributed by atoms with Gasteiger partial charge >= 0.3 is 6.03 Å². The maximum absolute atomic E-state index is 12.4. The monoisotopic (exact) mass is 305 g/mol. The van der Waals surface area contributed by atoms with Crippen LogP contribution in [0.3, 0.4) is 0 Å². The van der Waals surface area contributed by atoms with Crippen LogP contribution >= 0.6 is 0 Å². The van der Waals surface area contributed by atoms with Crippen LogP contribution in [0.4, 0.5) is 4.79 Å². The third kappa shape index (κ3) is 4.13. The molecule has 1 aliphatic carbocycles. The molecule has 1 aromatic carbocycles. The first kappa shape index (κ1) is 16.1. The summed E-state index contributed by atoms with van der Waals surface area (Å²) >= 11 is 0. The van der Waals surface area contributed by atoms with Gasteiger partial charge in [0.05, 0.1) is 0 Å². The lowest BCUT2D eigenvalue weighted by molar-refractivity contribution is -0.130. The van der Waals surface area contributed by atoms with Crippen molar-refractivity contribution in [1.29, 1.82) is 0 Å². The summed E-state index contributed by atoms with van der Waals surface area (Å²) in [6.45, 7) is 2.10. The standard InChI is InChI=1S/C16H23N3O3/c1-11(15(21)18(2)3)17-16(22)19(13-7-8-13)10-12-5-4-6-14(20)9-12/h4-6,9,11,13,20H,7-8,10H2,1-3H3,(H,17,22)/t11-/m1/s1. The van der Waals surface area contributed by atoms with E-state index in [4.69, 9.17) is 0 Å². The zero-order valence-electron chi connectivity index (χ0n) is 13.2. The minimum atomic E-state index is -0.562. The van der Waals surface area contributed by atoms with E-state index in [1.54, 1.807) is 44.1 Å². The predicted octanol–water partition coefficient (Wildman–Crippen LogP) is 1.54. The van der Waals surface area contributed by atoms with Crippen molar-refractivity contribution in [3.05, 3.63) is 29.8 Å². The summed E-state index contributed by atoms with van der Waals surface area (Å²) in [4.78, 5) is 27.5. The lowest BCUT2D eigenvalue weighted by Crippen LogP contribution is -2.49. The van der Waals surface area contributed by atoms with Crippen molar-refractivity contribution < 1.29 is 14.7 Å². The van der Waals surface area contributed by atoms with Crippen molar-refractivity contribution in [2.75, 3.05) is 14.1 Å². The summed E-state index contributed by atoms with van der Waals surface area (Å²) in [6, 6.07) is 6.29. The molecule has 120 valence electrons. The predicted molar refractivity (Wildman–Crippen MR) is 83.4 cm³/mol. The molecule has 0 saturated heterocycles. The second-order valence-corrected chi connectivity index (χ2v) is 5.93. The number of phenols is 1.